The summed E-state index contributed by atoms with van der Waals surface area (Å²) in [6, 6.07) is 0. The Balaban J connectivity index is 0. The van der Waals surface area contributed by atoms with E-state index in [-0.39, 0.29) is 12.4 Å². The summed E-state index contributed by atoms with van der Waals surface area (Å²) in [5.41, 5.74) is 0. The molecule has 0 aliphatic rings. The minimum Gasteiger partial charge on any atom is -1.00 e. The lowest BCUT2D eigenvalue weighted by atomic mass is 10.5. The van der Waals surface area contributed by atoms with Gasteiger partial charge in [0.25, 0.3) is 0 Å². The van der Waals surface area contributed by atoms with Gasteiger partial charge in [-0.3, -0.25) is 4.90 Å². The molecule has 0 heterocycles. The highest BCUT2D eigenvalue weighted by atomic mass is 35.5. The molecule has 2 nitrogen and oxygen atoms in total. The van der Waals surface area contributed by atoms with Gasteiger partial charge < -0.3 is 16.9 Å². The highest BCUT2D eigenvalue weighted by molar-refractivity contribution is 4.42. The molecule has 0 unspecified atom stereocenters. The van der Waals surface area contributed by atoms with Crippen LogP contribution >= 0.6 is 0 Å². The molecular weight excluding hydrogens is 160 g/mol. The fourth-order valence-corrected chi connectivity index (χ4v) is 1.02. The van der Waals surface area contributed by atoms with Crippen LogP contribution < -0.4 is 12.4 Å². The van der Waals surface area contributed by atoms with Gasteiger partial charge in [-0.15, -0.1) is 0 Å². The average Bonchev–Trinajstić information content (AvgIpc) is 1.81. The van der Waals surface area contributed by atoms with Gasteiger partial charge in [-0.25, -0.2) is 0 Å². The van der Waals surface area contributed by atoms with E-state index >= 15 is 0 Å². The first kappa shape index (κ1) is 13.8. The zero-order valence-electron chi connectivity index (χ0n) is 8.39. The first-order valence-corrected chi connectivity index (χ1v) is 4.02. The third-order valence-corrected chi connectivity index (χ3v) is 1.52. The number of nitrogens with zero attached hydrogens (tertiary/aromatic N) is 2. The molecule has 0 atom stereocenters. The summed E-state index contributed by atoms with van der Waals surface area (Å²) in [7, 11) is 6.66. The number of rotatable bonds is 4. The maximum atomic E-state index is 2.43. The second-order valence-corrected chi connectivity index (χ2v) is 3.74. The Hall–Kier alpha value is 0.210. The molecule has 0 fully saturated rings. The average molecular weight is 181 g/mol. The summed E-state index contributed by atoms with van der Waals surface area (Å²) in [4.78, 5) is 2.43. The van der Waals surface area contributed by atoms with Crippen LogP contribution in [0.1, 0.15) is 13.8 Å². The first-order valence-electron chi connectivity index (χ1n) is 4.02. The molecule has 0 saturated carbocycles. The molecule has 0 aromatic heterocycles. The van der Waals surface area contributed by atoms with Crippen LogP contribution in [0.2, 0.25) is 0 Å². The van der Waals surface area contributed by atoms with Crippen molar-refractivity contribution < 1.29 is 16.9 Å². The largest absolute Gasteiger partial charge is 1.00 e. The van der Waals surface area contributed by atoms with E-state index in [1.165, 1.54) is 0 Å². The fourth-order valence-electron chi connectivity index (χ4n) is 1.02. The second-order valence-electron chi connectivity index (χ2n) is 3.74. The second kappa shape index (κ2) is 5.81. The Morgan fingerprint density at radius 3 is 1.45 bits per heavy atom. The van der Waals surface area contributed by atoms with Gasteiger partial charge in [0.05, 0.1) is 21.1 Å². The van der Waals surface area contributed by atoms with Gasteiger partial charge in [0, 0.05) is 13.1 Å². The van der Waals surface area contributed by atoms with E-state index in [0.29, 0.717) is 0 Å². The Labute approximate surface area is 77.2 Å². The van der Waals surface area contributed by atoms with Crippen molar-refractivity contribution in [2.75, 3.05) is 40.9 Å². The van der Waals surface area contributed by atoms with E-state index in [2.05, 4.69) is 39.9 Å². The fraction of sp³-hybridized carbons (Fsp3) is 1.00. The molecular formula is C8H21ClN2. The molecule has 11 heavy (non-hydrogen) atoms. The molecule has 0 aromatic rings. The van der Waals surface area contributed by atoms with Crippen molar-refractivity contribution in [2.45, 2.75) is 13.8 Å². The van der Waals surface area contributed by atoms with Crippen molar-refractivity contribution in [1.82, 2.24) is 4.90 Å². The highest BCUT2D eigenvalue weighted by Crippen LogP contribution is 1.94. The van der Waals surface area contributed by atoms with Crippen molar-refractivity contribution in [3.63, 3.8) is 0 Å². The van der Waals surface area contributed by atoms with Crippen LogP contribution in [-0.2, 0) is 0 Å². The Bertz CT molecular complexity index is 84.6. The Morgan fingerprint density at radius 1 is 1.00 bits per heavy atom. The van der Waals surface area contributed by atoms with Crippen LogP contribution in [0.5, 0.6) is 0 Å². The van der Waals surface area contributed by atoms with Crippen molar-refractivity contribution >= 4 is 0 Å². The maximum absolute atomic E-state index is 2.43. The minimum absolute atomic E-state index is 0. The van der Waals surface area contributed by atoms with Crippen LogP contribution in [0.4, 0.5) is 0 Å². The van der Waals surface area contributed by atoms with E-state index in [1.807, 2.05) is 0 Å². The zero-order valence-corrected chi connectivity index (χ0v) is 9.15. The summed E-state index contributed by atoms with van der Waals surface area (Å²) in [6.45, 7) is 7.88. The standard InChI is InChI=1S/C8H21N2.ClH/c1-6-9(7-2)8-10(3,4)5;/h6-8H2,1-5H3;1H/q+1;/p-1. The number of quaternary nitrogens is 1. The van der Waals surface area contributed by atoms with Gasteiger partial charge in [-0.1, -0.05) is 13.8 Å². The Morgan fingerprint density at radius 2 is 1.36 bits per heavy atom. The molecule has 0 aliphatic carbocycles. The van der Waals surface area contributed by atoms with Crippen LogP contribution in [0, 0.1) is 0 Å². The van der Waals surface area contributed by atoms with Crippen LogP contribution in [0.25, 0.3) is 0 Å². The van der Waals surface area contributed by atoms with Gasteiger partial charge in [-0.05, 0) is 0 Å². The molecule has 0 rings (SSSR count). The SMILES string of the molecule is CCN(CC)C[N+](C)(C)C.[Cl-]. The molecule has 3 heteroatoms. The maximum Gasteiger partial charge on any atom is 0.134 e. The van der Waals surface area contributed by atoms with Crippen LogP contribution in [-0.4, -0.2) is 50.3 Å². The van der Waals surface area contributed by atoms with Crippen LogP contribution in [0.3, 0.4) is 0 Å². The third-order valence-electron chi connectivity index (χ3n) is 1.52. The van der Waals surface area contributed by atoms with Crippen molar-refractivity contribution in [2.24, 2.45) is 0 Å². The minimum atomic E-state index is 0. The van der Waals surface area contributed by atoms with Crippen molar-refractivity contribution in [1.29, 1.82) is 0 Å². The highest BCUT2D eigenvalue weighted by Gasteiger charge is 2.10. The molecule has 0 N–H and O–H groups in total. The van der Waals surface area contributed by atoms with E-state index in [0.717, 1.165) is 24.2 Å². The predicted molar refractivity (Wildman–Crippen MR) is 45.8 cm³/mol. The quantitative estimate of drug-likeness (QED) is 0.357. The third kappa shape index (κ3) is 8.11. The first-order chi connectivity index (χ1) is 4.49. The molecule has 0 aliphatic heterocycles. The molecule has 0 aromatic carbocycles. The zero-order chi connectivity index (χ0) is 8.20. The van der Waals surface area contributed by atoms with Gasteiger partial charge in [0.1, 0.15) is 6.67 Å². The topological polar surface area (TPSA) is 3.24 Å². The molecule has 0 amide bonds. The van der Waals surface area contributed by atoms with E-state index in [4.69, 9.17) is 0 Å². The lowest BCUT2D eigenvalue weighted by Gasteiger charge is -2.30. The summed E-state index contributed by atoms with van der Waals surface area (Å²) in [5, 5.41) is 0. The van der Waals surface area contributed by atoms with E-state index in [9.17, 15) is 0 Å². The summed E-state index contributed by atoms with van der Waals surface area (Å²) < 4.78 is 1.03. The lowest BCUT2D eigenvalue weighted by Crippen LogP contribution is -3.00. The summed E-state index contributed by atoms with van der Waals surface area (Å²) >= 11 is 0. The predicted octanol–water partition coefficient (Wildman–Crippen LogP) is -2.00. The molecule has 0 radical (unpaired) electrons. The lowest BCUT2D eigenvalue weighted by molar-refractivity contribution is -0.880. The van der Waals surface area contributed by atoms with Gasteiger partial charge in [0.2, 0.25) is 0 Å². The number of hydrogen-bond acceptors (Lipinski definition) is 1. The van der Waals surface area contributed by atoms with Gasteiger partial charge >= 0.3 is 0 Å². The molecule has 0 bridgehead atoms. The van der Waals surface area contributed by atoms with Crippen molar-refractivity contribution in [3.05, 3.63) is 0 Å². The molecule has 70 valence electrons. The van der Waals surface area contributed by atoms with E-state index < -0.39 is 0 Å². The monoisotopic (exact) mass is 180 g/mol. The normalized spacial score (nSPS) is 11.5. The van der Waals surface area contributed by atoms with E-state index in [1.54, 1.807) is 0 Å². The smallest absolute Gasteiger partial charge is 0.134 e. The van der Waals surface area contributed by atoms with Crippen molar-refractivity contribution in [3.8, 4) is 0 Å². The number of hydrogen-bond donors (Lipinski definition) is 0. The van der Waals surface area contributed by atoms with Gasteiger partial charge in [-0.2, -0.15) is 0 Å². The molecule has 0 spiro atoms. The number of halogens is 1. The Kier molecular flexibility index (Phi) is 7.28. The summed E-state index contributed by atoms with van der Waals surface area (Å²) in [5.74, 6) is 0. The van der Waals surface area contributed by atoms with Crippen LogP contribution in [0.15, 0.2) is 0 Å². The molecule has 0 saturated heterocycles. The summed E-state index contributed by atoms with van der Waals surface area (Å²) in [6.07, 6.45) is 0. The van der Waals surface area contributed by atoms with Gasteiger partial charge in [0.15, 0.2) is 0 Å².